The second-order valence-corrected chi connectivity index (χ2v) is 2.48. The third-order valence-electron chi connectivity index (χ3n) is 1.39. The molecule has 0 aliphatic heterocycles. The number of hydrogen-bond acceptors (Lipinski definition) is 1. The van der Waals surface area contributed by atoms with Crippen molar-refractivity contribution in [1.29, 1.82) is 0 Å². The molecule has 1 aromatic rings. The lowest BCUT2D eigenvalue weighted by atomic mass is 10.1. The van der Waals surface area contributed by atoms with Crippen molar-refractivity contribution in [1.82, 2.24) is 0 Å². The fraction of sp³-hybridized carbons (Fsp3) is 0.250. The van der Waals surface area contributed by atoms with Gasteiger partial charge in [0.25, 0.3) is 0 Å². The van der Waals surface area contributed by atoms with E-state index in [1.165, 1.54) is 0 Å². The van der Waals surface area contributed by atoms with E-state index < -0.39 is 0 Å². The molecular weight excluding hydrogens is 181 g/mol. The SMILES string of the molecule is Cl.N[C@H](CCl)c1ccccc1. The van der Waals surface area contributed by atoms with Crippen LogP contribution in [0.3, 0.4) is 0 Å². The Morgan fingerprint density at radius 3 is 2.27 bits per heavy atom. The molecule has 3 heteroatoms. The molecule has 11 heavy (non-hydrogen) atoms. The summed E-state index contributed by atoms with van der Waals surface area (Å²) in [5.74, 6) is 0.476. The molecule has 0 aliphatic rings. The van der Waals surface area contributed by atoms with Crippen LogP contribution in [0.15, 0.2) is 30.3 Å². The maximum atomic E-state index is 5.66. The Morgan fingerprint density at radius 2 is 1.82 bits per heavy atom. The van der Waals surface area contributed by atoms with Gasteiger partial charge in [0.15, 0.2) is 0 Å². The summed E-state index contributed by atoms with van der Waals surface area (Å²) in [5.41, 5.74) is 6.76. The average molecular weight is 192 g/mol. The number of nitrogens with two attached hydrogens (primary N) is 1. The summed E-state index contributed by atoms with van der Waals surface area (Å²) < 4.78 is 0. The second kappa shape index (κ2) is 5.42. The van der Waals surface area contributed by atoms with E-state index in [4.69, 9.17) is 17.3 Å². The van der Waals surface area contributed by atoms with Gasteiger partial charge >= 0.3 is 0 Å². The van der Waals surface area contributed by atoms with Gasteiger partial charge in [-0.1, -0.05) is 30.3 Å². The largest absolute Gasteiger partial charge is 0.323 e. The normalized spacial score (nSPS) is 11.8. The highest BCUT2D eigenvalue weighted by Crippen LogP contribution is 2.09. The third kappa shape index (κ3) is 3.10. The molecule has 1 rings (SSSR count). The van der Waals surface area contributed by atoms with Crippen LogP contribution in [0.25, 0.3) is 0 Å². The Morgan fingerprint density at radius 1 is 1.27 bits per heavy atom. The second-order valence-electron chi connectivity index (χ2n) is 2.17. The van der Waals surface area contributed by atoms with Gasteiger partial charge in [-0.15, -0.1) is 24.0 Å². The smallest absolute Gasteiger partial charge is 0.0432 e. The molecule has 2 N–H and O–H groups in total. The van der Waals surface area contributed by atoms with Crippen molar-refractivity contribution in [2.75, 3.05) is 5.88 Å². The Bertz CT molecular complexity index is 189. The Kier molecular flexibility index (Phi) is 5.30. The van der Waals surface area contributed by atoms with Gasteiger partial charge in [-0.3, -0.25) is 0 Å². The Hall–Kier alpha value is -0.240. The zero-order valence-electron chi connectivity index (χ0n) is 6.03. The summed E-state index contributed by atoms with van der Waals surface area (Å²) in [7, 11) is 0. The van der Waals surface area contributed by atoms with Gasteiger partial charge in [-0.25, -0.2) is 0 Å². The molecule has 0 heterocycles. The van der Waals surface area contributed by atoms with Crippen LogP contribution in [0.4, 0.5) is 0 Å². The molecule has 1 nitrogen and oxygen atoms in total. The summed E-state index contributed by atoms with van der Waals surface area (Å²) in [6, 6.07) is 9.82. The van der Waals surface area contributed by atoms with E-state index in [2.05, 4.69) is 0 Å². The van der Waals surface area contributed by atoms with Crippen molar-refractivity contribution in [3.63, 3.8) is 0 Å². The zero-order valence-corrected chi connectivity index (χ0v) is 7.61. The van der Waals surface area contributed by atoms with Crippen LogP contribution in [0.2, 0.25) is 0 Å². The summed E-state index contributed by atoms with van der Waals surface area (Å²) >= 11 is 5.56. The predicted octanol–water partition coefficient (Wildman–Crippen LogP) is 2.35. The number of rotatable bonds is 2. The minimum atomic E-state index is -0.0251. The predicted molar refractivity (Wildman–Crippen MR) is 51.3 cm³/mol. The molecule has 0 fully saturated rings. The third-order valence-corrected chi connectivity index (χ3v) is 1.73. The van der Waals surface area contributed by atoms with Crippen molar-refractivity contribution >= 4 is 24.0 Å². The van der Waals surface area contributed by atoms with Crippen LogP contribution in [0.5, 0.6) is 0 Å². The van der Waals surface area contributed by atoms with E-state index in [0.717, 1.165) is 5.56 Å². The summed E-state index contributed by atoms with van der Waals surface area (Å²) in [4.78, 5) is 0. The van der Waals surface area contributed by atoms with E-state index in [0.29, 0.717) is 5.88 Å². The van der Waals surface area contributed by atoms with Crippen LogP contribution in [-0.4, -0.2) is 5.88 Å². The number of halogens is 2. The molecule has 0 unspecified atom stereocenters. The lowest BCUT2D eigenvalue weighted by Crippen LogP contribution is -2.10. The lowest BCUT2D eigenvalue weighted by molar-refractivity contribution is 0.826. The van der Waals surface area contributed by atoms with Gasteiger partial charge in [0.1, 0.15) is 0 Å². The molecule has 1 atom stereocenters. The van der Waals surface area contributed by atoms with Gasteiger partial charge in [0.05, 0.1) is 0 Å². The number of alkyl halides is 1. The van der Waals surface area contributed by atoms with Crippen LogP contribution in [0, 0.1) is 0 Å². The monoisotopic (exact) mass is 191 g/mol. The molecule has 0 bridgehead atoms. The first-order chi connectivity index (χ1) is 4.84. The molecule has 0 saturated heterocycles. The maximum Gasteiger partial charge on any atom is 0.0432 e. The summed E-state index contributed by atoms with van der Waals surface area (Å²) in [6.07, 6.45) is 0. The first-order valence-electron chi connectivity index (χ1n) is 3.21. The number of hydrogen-bond donors (Lipinski definition) is 1. The average Bonchev–Trinajstić information content (AvgIpc) is 2.05. The first-order valence-corrected chi connectivity index (χ1v) is 3.74. The van der Waals surface area contributed by atoms with Crippen LogP contribution in [0.1, 0.15) is 11.6 Å². The van der Waals surface area contributed by atoms with Crippen molar-refractivity contribution in [3.05, 3.63) is 35.9 Å². The van der Waals surface area contributed by atoms with Gasteiger partial charge in [-0.2, -0.15) is 0 Å². The lowest BCUT2D eigenvalue weighted by Gasteiger charge is -2.05. The minimum absolute atomic E-state index is 0. The molecule has 0 saturated carbocycles. The molecule has 1 aromatic carbocycles. The van der Waals surface area contributed by atoms with E-state index in [1.54, 1.807) is 0 Å². The van der Waals surface area contributed by atoms with Crippen molar-refractivity contribution < 1.29 is 0 Å². The van der Waals surface area contributed by atoms with Crippen molar-refractivity contribution in [3.8, 4) is 0 Å². The summed E-state index contributed by atoms with van der Waals surface area (Å²) in [5, 5.41) is 0. The summed E-state index contributed by atoms with van der Waals surface area (Å²) in [6.45, 7) is 0. The molecule has 0 aromatic heterocycles. The molecule has 62 valence electrons. The fourth-order valence-electron chi connectivity index (χ4n) is 0.789. The van der Waals surface area contributed by atoms with Crippen molar-refractivity contribution in [2.45, 2.75) is 6.04 Å². The first kappa shape index (κ1) is 10.8. The van der Waals surface area contributed by atoms with Gasteiger partial charge in [0.2, 0.25) is 0 Å². The molecular formula is C8H11Cl2N. The zero-order chi connectivity index (χ0) is 7.40. The van der Waals surface area contributed by atoms with E-state index in [1.807, 2.05) is 30.3 Å². The van der Waals surface area contributed by atoms with E-state index >= 15 is 0 Å². The molecule has 0 amide bonds. The van der Waals surface area contributed by atoms with Crippen LogP contribution < -0.4 is 5.73 Å². The van der Waals surface area contributed by atoms with Crippen LogP contribution in [-0.2, 0) is 0 Å². The molecule has 0 spiro atoms. The highest BCUT2D eigenvalue weighted by atomic mass is 35.5. The van der Waals surface area contributed by atoms with E-state index in [-0.39, 0.29) is 18.4 Å². The van der Waals surface area contributed by atoms with Crippen molar-refractivity contribution in [2.24, 2.45) is 5.73 Å². The molecule has 0 aliphatic carbocycles. The topological polar surface area (TPSA) is 26.0 Å². The number of benzene rings is 1. The highest BCUT2D eigenvalue weighted by Gasteiger charge is 2.00. The van der Waals surface area contributed by atoms with Gasteiger partial charge in [-0.05, 0) is 5.56 Å². The van der Waals surface area contributed by atoms with Gasteiger partial charge in [0, 0.05) is 11.9 Å². The minimum Gasteiger partial charge on any atom is -0.323 e. The Balaban J connectivity index is 0.000001000. The van der Waals surface area contributed by atoms with E-state index in [9.17, 15) is 0 Å². The quantitative estimate of drug-likeness (QED) is 0.715. The van der Waals surface area contributed by atoms with Crippen LogP contribution >= 0.6 is 24.0 Å². The fourth-order valence-corrected chi connectivity index (χ4v) is 0.967. The van der Waals surface area contributed by atoms with Gasteiger partial charge < -0.3 is 5.73 Å². The molecule has 0 radical (unpaired) electrons. The Labute approximate surface area is 78.0 Å². The highest BCUT2D eigenvalue weighted by molar-refractivity contribution is 6.18. The standard InChI is InChI=1S/C8H10ClN.ClH/c9-6-8(10)7-4-2-1-3-5-7;/h1-5,8H,6,10H2;1H/t8-;/m1./s1. The maximum absolute atomic E-state index is 5.66.